The van der Waals surface area contributed by atoms with E-state index in [-0.39, 0.29) is 5.28 Å². The fourth-order valence-electron chi connectivity index (χ4n) is 1.07. The van der Waals surface area contributed by atoms with Crippen LogP contribution < -0.4 is 5.32 Å². The van der Waals surface area contributed by atoms with E-state index < -0.39 is 0 Å². The lowest BCUT2D eigenvalue weighted by Crippen LogP contribution is -2.09. The Morgan fingerprint density at radius 2 is 2.25 bits per heavy atom. The van der Waals surface area contributed by atoms with Crippen molar-refractivity contribution in [1.29, 1.82) is 0 Å². The van der Waals surface area contributed by atoms with Gasteiger partial charge in [-0.2, -0.15) is 0 Å². The van der Waals surface area contributed by atoms with Gasteiger partial charge >= 0.3 is 0 Å². The number of hydrogen-bond acceptors (Lipinski definition) is 5. The highest BCUT2D eigenvalue weighted by Gasteiger charge is 1.95. The van der Waals surface area contributed by atoms with Gasteiger partial charge in [-0.05, 0) is 24.1 Å². The third kappa shape index (κ3) is 5.85. The van der Waals surface area contributed by atoms with Crippen molar-refractivity contribution in [3.63, 3.8) is 0 Å². The third-order valence-electron chi connectivity index (χ3n) is 1.83. The van der Waals surface area contributed by atoms with Gasteiger partial charge in [0.05, 0.1) is 13.2 Å². The largest absolute Gasteiger partial charge is 0.382 e. The van der Waals surface area contributed by atoms with Crippen LogP contribution in [-0.4, -0.2) is 43.4 Å². The van der Waals surface area contributed by atoms with Gasteiger partial charge in [-0.3, -0.25) is 0 Å². The minimum atomic E-state index is 0.251. The van der Waals surface area contributed by atoms with E-state index in [0.29, 0.717) is 19.8 Å². The molecule has 0 amide bonds. The molecule has 0 radical (unpaired) electrons. The lowest BCUT2D eigenvalue weighted by atomic mass is 10.4. The molecule has 16 heavy (non-hydrogen) atoms. The van der Waals surface area contributed by atoms with Crippen molar-refractivity contribution in [3.05, 3.63) is 17.5 Å². The van der Waals surface area contributed by atoms with Crippen molar-refractivity contribution in [3.8, 4) is 0 Å². The molecule has 0 aliphatic heterocycles. The maximum Gasteiger partial charge on any atom is 0.224 e. The monoisotopic (exact) mass is 245 g/mol. The van der Waals surface area contributed by atoms with E-state index in [2.05, 4.69) is 15.3 Å². The predicted molar refractivity (Wildman–Crippen MR) is 62.8 cm³/mol. The highest BCUT2D eigenvalue weighted by Crippen LogP contribution is 2.05. The zero-order chi connectivity index (χ0) is 11.6. The number of methoxy groups -OCH3 is 1. The predicted octanol–water partition coefficient (Wildman–Crippen LogP) is 1.59. The Morgan fingerprint density at radius 3 is 3.00 bits per heavy atom. The van der Waals surface area contributed by atoms with E-state index in [0.717, 1.165) is 18.8 Å². The number of rotatable bonds is 8. The maximum atomic E-state index is 5.64. The molecule has 6 heteroatoms. The molecule has 1 aromatic rings. The average Bonchev–Trinajstić information content (AvgIpc) is 2.28. The van der Waals surface area contributed by atoms with Crippen molar-refractivity contribution in [2.45, 2.75) is 6.42 Å². The number of hydrogen-bond donors (Lipinski definition) is 1. The van der Waals surface area contributed by atoms with Gasteiger partial charge in [-0.25, -0.2) is 9.97 Å². The van der Waals surface area contributed by atoms with E-state index in [1.54, 1.807) is 19.4 Å². The first-order valence-electron chi connectivity index (χ1n) is 5.12. The topological polar surface area (TPSA) is 56.3 Å². The van der Waals surface area contributed by atoms with E-state index in [9.17, 15) is 0 Å². The summed E-state index contributed by atoms with van der Waals surface area (Å²) < 4.78 is 10.2. The number of aromatic nitrogens is 2. The molecule has 1 heterocycles. The summed E-state index contributed by atoms with van der Waals surface area (Å²) in [6, 6.07) is 1.78. The molecule has 1 rings (SSSR count). The number of nitrogens with one attached hydrogen (secondary N) is 1. The Labute approximate surface area is 100 Å². The summed E-state index contributed by atoms with van der Waals surface area (Å²) in [5.74, 6) is 0.733. The quantitative estimate of drug-likeness (QED) is 0.557. The van der Waals surface area contributed by atoms with Crippen LogP contribution in [-0.2, 0) is 9.47 Å². The summed E-state index contributed by atoms with van der Waals surface area (Å²) in [7, 11) is 1.66. The van der Waals surface area contributed by atoms with Gasteiger partial charge in [0.15, 0.2) is 0 Å². The number of ether oxygens (including phenoxy) is 2. The fraction of sp³-hybridized carbons (Fsp3) is 0.600. The highest BCUT2D eigenvalue weighted by molar-refractivity contribution is 6.28. The molecule has 0 saturated heterocycles. The van der Waals surface area contributed by atoms with Crippen LogP contribution >= 0.6 is 11.6 Å². The third-order valence-corrected chi connectivity index (χ3v) is 2.01. The Morgan fingerprint density at radius 1 is 1.38 bits per heavy atom. The van der Waals surface area contributed by atoms with Gasteiger partial charge < -0.3 is 14.8 Å². The van der Waals surface area contributed by atoms with E-state index in [1.807, 2.05) is 0 Å². The molecule has 0 fully saturated rings. The minimum absolute atomic E-state index is 0.251. The van der Waals surface area contributed by atoms with Crippen LogP contribution in [0.25, 0.3) is 0 Å². The molecule has 0 aromatic carbocycles. The van der Waals surface area contributed by atoms with Crippen LogP contribution in [0.1, 0.15) is 6.42 Å². The van der Waals surface area contributed by atoms with Gasteiger partial charge in [-0.15, -0.1) is 0 Å². The molecular weight excluding hydrogens is 230 g/mol. The molecule has 5 nitrogen and oxygen atoms in total. The summed E-state index contributed by atoms with van der Waals surface area (Å²) in [5, 5.41) is 3.38. The smallest absolute Gasteiger partial charge is 0.224 e. The van der Waals surface area contributed by atoms with Gasteiger partial charge in [0, 0.05) is 26.5 Å². The molecule has 0 spiro atoms. The second-order valence-electron chi connectivity index (χ2n) is 3.10. The molecular formula is C10H16ClN3O2. The van der Waals surface area contributed by atoms with Crippen LogP contribution in [0.2, 0.25) is 5.28 Å². The zero-order valence-corrected chi connectivity index (χ0v) is 10.0. The molecule has 1 N–H and O–H groups in total. The fourth-order valence-corrected chi connectivity index (χ4v) is 1.22. The van der Waals surface area contributed by atoms with Crippen molar-refractivity contribution in [2.24, 2.45) is 0 Å². The van der Waals surface area contributed by atoms with Crippen molar-refractivity contribution in [1.82, 2.24) is 9.97 Å². The van der Waals surface area contributed by atoms with Gasteiger partial charge in [0.2, 0.25) is 5.28 Å². The first-order valence-corrected chi connectivity index (χ1v) is 5.50. The molecule has 90 valence electrons. The van der Waals surface area contributed by atoms with Gasteiger partial charge in [0.25, 0.3) is 0 Å². The summed E-state index contributed by atoms with van der Waals surface area (Å²) >= 11 is 5.64. The van der Waals surface area contributed by atoms with Gasteiger partial charge in [0.1, 0.15) is 5.82 Å². The lowest BCUT2D eigenvalue weighted by Gasteiger charge is -2.06. The Balaban J connectivity index is 2.03. The summed E-state index contributed by atoms with van der Waals surface area (Å²) in [5.41, 5.74) is 0. The summed E-state index contributed by atoms with van der Waals surface area (Å²) in [6.45, 7) is 2.76. The van der Waals surface area contributed by atoms with E-state index in [1.165, 1.54) is 0 Å². The van der Waals surface area contributed by atoms with Crippen LogP contribution in [0.15, 0.2) is 12.3 Å². The standard InChI is InChI=1S/C10H16ClN3O2/c1-15-7-8-16-6-2-4-12-9-3-5-13-10(11)14-9/h3,5H,2,4,6-8H2,1H3,(H,12,13,14). The van der Waals surface area contributed by atoms with Crippen LogP contribution in [0.3, 0.4) is 0 Å². The van der Waals surface area contributed by atoms with Crippen LogP contribution in [0.4, 0.5) is 5.82 Å². The number of anilines is 1. The molecule has 1 aromatic heterocycles. The molecule has 0 aliphatic carbocycles. The number of nitrogens with zero attached hydrogens (tertiary/aromatic N) is 2. The Bertz CT molecular complexity index is 299. The second kappa shape index (κ2) is 8.27. The molecule has 0 atom stereocenters. The molecule has 0 unspecified atom stereocenters. The molecule has 0 saturated carbocycles. The van der Waals surface area contributed by atoms with E-state index >= 15 is 0 Å². The van der Waals surface area contributed by atoms with E-state index in [4.69, 9.17) is 21.1 Å². The van der Waals surface area contributed by atoms with Crippen molar-refractivity contribution < 1.29 is 9.47 Å². The first kappa shape index (κ1) is 13.2. The van der Waals surface area contributed by atoms with Crippen molar-refractivity contribution in [2.75, 3.05) is 38.8 Å². The minimum Gasteiger partial charge on any atom is -0.382 e. The highest BCUT2D eigenvalue weighted by atomic mass is 35.5. The van der Waals surface area contributed by atoms with Crippen LogP contribution in [0, 0.1) is 0 Å². The lowest BCUT2D eigenvalue weighted by molar-refractivity contribution is 0.0705. The second-order valence-corrected chi connectivity index (χ2v) is 3.43. The molecule has 0 aliphatic rings. The van der Waals surface area contributed by atoms with Gasteiger partial charge in [-0.1, -0.05) is 0 Å². The molecule has 0 bridgehead atoms. The summed E-state index contributed by atoms with van der Waals surface area (Å²) in [4.78, 5) is 7.80. The number of halogens is 1. The Hall–Kier alpha value is -0.910. The Kier molecular flexibility index (Phi) is 6.80. The summed E-state index contributed by atoms with van der Waals surface area (Å²) in [6.07, 6.45) is 2.53. The van der Waals surface area contributed by atoms with Crippen LogP contribution in [0.5, 0.6) is 0 Å². The zero-order valence-electron chi connectivity index (χ0n) is 9.28. The van der Waals surface area contributed by atoms with Crippen molar-refractivity contribution >= 4 is 17.4 Å². The maximum absolute atomic E-state index is 5.64. The SMILES string of the molecule is COCCOCCCNc1ccnc(Cl)n1. The normalized spacial score (nSPS) is 10.4. The first-order chi connectivity index (χ1) is 7.83. The average molecular weight is 246 g/mol.